The number of nitrogens with one attached hydrogen (secondary N) is 1. The van der Waals surface area contributed by atoms with Crippen LogP contribution in [0.4, 0.5) is 5.69 Å². The standard InChI is InChI=1S/C27H30N2O5/c1-32-21-3-4-23-22(17-21)18(9-13-28-23)6-10-27(31)11-7-19(8-12-27)26(30)29-20-2-5-24-25(16-20)34-15-14-33-24/h2-5,9,13,16-17,19,31H,6-8,10-12,14-15H2,1H3,(H,29,30). The number of aryl methyl sites for hydroxylation is 1. The highest BCUT2D eigenvalue weighted by molar-refractivity contribution is 5.93. The van der Waals surface area contributed by atoms with Gasteiger partial charge in [0, 0.05) is 29.3 Å². The van der Waals surface area contributed by atoms with Crippen molar-refractivity contribution < 1.29 is 24.1 Å². The molecule has 0 spiro atoms. The molecule has 0 radical (unpaired) electrons. The fraction of sp³-hybridized carbons (Fsp3) is 0.407. The maximum atomic E-state index is 12.8. The summed E-state index contributed by atoms with van der Waals surface area (Å²) in [6, 6.07) is 13.3. The lowest BCUT2D eigenvalue weighted by Crippen LogP contribution is -2.38. The van der Waals surface area contributed by atoms with Crippen LogP contribution in [-0.4, -0.2) is 41.9 Å². The molecule has 7 heteroatoms. The van der Waals surface area contributed by atoms with Gasteiger partial charge >= 0.3 is 0 Å². The van der Waals surface area contributed by atoms with E-state index >= 15 is 0 Å². The van der Waals surface area contributed by atoms with Gasteiger partial charge in [0.25, 0.3) is 0 Å². The first-order valence-electron chi connectivity index (χ1n) is 11.9. The molecule has 5 rings (SSSR count). The normalized spacial score (nSPS) is 21.8. The van der Waals surface area contributed by atoms with Gasteiger partial charge in [-0.2, -0.15) is 0 Å². The van der Waals surface area contributed by atoms with E-state index in [4.69, 9.17) is 14.2 Å². The lowest BCUT2D eigenvalue weighted by atomic mass is 9.75. The van der Waals surface area contributed by atoms with Crippen LogP contribution in [-0.2, 0) is 11.2 Å². The Morgan fingerprint density at radius 1 is 1.12 bits per heavy atom. The Morgan fingerprint density at radius 3 is 2.71 bits per heavy atom. The van der Waals surface area contributed by atoms with Gasteiger partial charge in [0.15, 0.2) is 11.5 Å². The Hall–Kier alpha value is -3.32. The number of pyridine rings is 1. The van der Waals surface area contributed by atoms with Gasteiger partial charge in [-0.3, -0.25) is 9.78 Å². The summed E-state index contributed by atoms with van der Waals surface area (Å²) in [6.45, 7) is 1.05. The zero-order valence-electron chi connectivity index (χ0n) is 19.4. The van der Waals surface area contributed by atoms with Crippen LogP contribution in [0, 0.1) is 5.92 Å². The van der Waals surface area contributed by atoms with Crippen LogP contribution in [0.15, 0.2) is 48.7 Å². The van der Waals surface area contributed by atoms with E-state index in [1.54, 1.807) is 13.2 Å². The van der Waals surface area contributed by atoms with Gasteiger partial charge in [-0.25, -0.2) is 0 Å². The quantitative estimate of drug-likeness (QED) is 0.560. The molecule has 1 saturated carbocycles. The number of benzene rings is 2. The maximum absolute atomic E-state index is 12.8. The number of anilines is 1. The predicted molar refractivity (Wildman–Crippen MR) is 130 cm³/mol. The van der Waals surface area contributed by atoms with Crippen molar-refractivity contribution in [2.24, 2.45) is 5.92 Å². The van der Waals surface area contributed by atoms with Crippen molar-refractivity contribution in [2.75, 3.05) is 25.6 Å². The minimum Gasteiger partial charge on any atom is -0.497 e. The molecule has 178 valence electrons. The van der Waals surface area contributed by atoms with E-state index in [1.807, 2.05) is 42.6 Å². The number of ether oxygens (including phenoxy) is 3. The maximum Gasteiger partial charge on any atom is 0.227 e. The van der Waals surface area contributed by atoms with Gasteiger partial charge < -0.3 is 24.6 Å². The fourth-order valence-corrected chi connectivity index (χ4v) is 4.93. The first-order valence-corrected chi connectivity index (χ1v) is 11.9. The lowest BCUT2D eigenvalue weighted by molar-refractivity contribution is -0.122. The number of aromatic nitrogens is 1. The molecule has 34 heavy (non-hydrogen) atoms. The van der Waals surface area contributed by atoms with Gasteiger partial charge in [0.2, 0.25) is 5.91 Å². The molecule has 7 nitrogen and oxygen atoms in total. The molecule has 3 aromatic rings. The van der Waals surface area contributed by atoms with E-state index in [0.29, 0.717) is 62.5 Å². The summed E-state index contributed by atoms with van der Waals surface area (Å²) in [6.07, 6.45) is 5.76. The molecule has 2 aliphatic rings. The van der Waals surface area contributed by atoms with Crippen molar-refractivity contribution in [2.45, 2.75) is 44.1 Å². The smallest absolute Gasteiger partial charge is 0.227 e. The summed E-state index contributed by atoms with van der Waals surface area (Å²) in [5, 5.41) is 15.3. The highest BCUT2D eigenvalue weighted by Crippen LogP contribution is 2.37. The second kappa shape index (κ2) is 9.50. The summed E-state index contributed by atoms with van der Waals surface area (Å²) >= 11 is 0. The number of methoxy groups -OCH3 is 1. The molecule has 1 aromatic heterocycles. The van der Waals surface area contributed by atoms with Crippen molar-refractivity contribution >= 4 is 22.5 Å². The number of amides is 1. The van der Waals surface area contributed by atoms with Gasteiger partial charge in [-0.1, -0.05) is 0 Å². The lowest BCUT2D eigenvalue weighted by Gasteiger charge is -2.35. The van der Waals surface area contributed by atoms with Gasteiger partial charge in [0.1, 0.15) is 19.0 Å². The number of carbonyl (C=O) groups is 1. The van der Waals surface area contributed by atoms with E-state index in [0.717, 1.165) is 28.6 Å². The molecule has 0 bridgehead atoms. The van der Waals surface area contributed by atoms with Gasteiger partial charge in [-0.15, -0.1) is 0 Å². The Kier molecular flexibility index (Phi) is 6.28. The van der Waals surface area contributed by atoms with Crippen LogP contribution >= 0.6 is 0 Å². The summed E-state index contributed by atoms with van der Waals surface area (Å²) in [5.74, 6) is 2.03. The van der Waals surface area contributed by atoms with Crippen molar-refractivity contribution in [3.05, 3.63) is 54.2 Å². The number of hydrogen-bond donors (Lipinski definition) is 2. The predicted octanol–water partition coefficient (Wildman–Crippen LogP) is 4.51. The second-order valence-electron chi connectivity index (χ2n) is 9.20. The minimum absolute atomic E-state index is 0.00838. The number of nitrogens with zero attached hydrogens (tertiary/aromatic N) is 1. The van der Waals surface area contributed by atoms with Gasteiger partial charge in [0.05, 0.1) is 18.2 Å². The Bertz CT molecular complexity index is 1190. The Labute approximate surface area is 199 Å². The number of carbonyl (C=O) groups excluding carboxylic acids is 1. The SMILES string of the molecule is COc1ccc2nccc(CCC3(O)CCC(C(=O)Nc4ccc5c(c4)OCCO5)CC3)c2c1. The third-order valence-electron chi connectivity index (χ3n) is 7.00. The van der Waals surface area contributed by atoms with Crippen LogP contribution in [0.25, 0.3) is 10.9 Å². The van der Waals surface area contributed by atoms with Crippen LogP contribution in [0.3, 0.4) is 0 Å². The number of aliphatic hydroxyl groups is 1. The summed E-state index contributed by atoms with van der Waals surface area (Å²) < 4.78 is 16.5. The van der Waals surface area contributed by atoms with Crippen LogP contribution in [0.2, 0.25) is 0 Å². The van der Waals surface area contributed by atoms with Crippen molar-refractivity contribution in [1.82, 2.24) is 4.98 Å². The van der Waals surface area contributed by atoms with Crippen LogP contribution < -0.4 is 19.5 Å². The average Bonchev–Trinajstić information content (AvgIpc) is 2.87. The largest absolute Gasteiger partial charge is 0.497 e. The van der Waals surface area contributed by atoms with Crippen molar-refractivity contribution in [1.29, 1.82) is 0 Å². The third kappa shape index (κ3) is 4.80. The minimum atomic E-state index is -0.762. The highest BCUT2D eigenvalue weighted by atomic mass is 16.6. The molecule has 2 heterocycles. The molecule has 0 unspecified atom stereocenters. The highest BCUT2D eigenvalue weighted by Gasteiger charge is 2.35. The number of hydrogen-bond acceptors (Lipinski definition) is 6. The molecule has 1 amide bonds. The van der Waals surface area contributed by atoms with E-state index in [9.17, 15) is 9.90 Å². The van der Waals surface area contributed by atoms with Crippen LogP contribution in [0.1, 0.15) is 37.7 Å². The molecule has 2 aromatic carbocycles. The van der Waals surface area contributed by atoms with Crippen molar-refractivity contribution in [3.8, 4) is 17.2 Å². The molecule has 1 aliphatic heterocycles. The molecular formula is C27H30N2O5. The Balaban J connectivity index is 1.18. The van der Waals surface area contributed by atoms with E-state index in [-0.39, 0.29) is 11.8 Å². The second-order valence-corrected chi connectivity index (χ2v) is 9.20. The first-order chi connectivity index (χ1) is 16.5. The Morgan fingerprint density at radius 2 is 1.91 bits per heavy atom. The summed E-state index contributed by atoms with van der Waals surface area (Å²) in [5.41, 5.74) is 2.01. The first kappa shape index (κ1) is 22.5. The molecule has 0 saturated heterocycles. The molecule has 0 atom stereocenters. The monoisotopic (exact) mass is 462 g/mol. The summed E-state index contributed by atoms with van der Waals surface area (Å²) in [4.78, 5) is 17.3. The molecule has 1 fully saturated rings. The van der Waals surface area contributed by atoms with Crippen molar-refractivity contribution in [3.63, 3.8) is 0 Å². The molecule has 2 N–H and O–H groups in total. The van der Waals surface area contributed by atoms with Gasteiger partial charge in [-0.05, 0) is 80.5 Å². The topological polar surface area (TPSA) is 89.9 Å². The third-order valence-corrected chi connectivity index (χ3v) is 7.00. The number of fused-ring (bicyclic) bond motifs is 2. The zero-order valence-corrected chi connectivity index (χ0v) is 19.4. The fourth-order valence-electron chi connectivity index (χ4n) is 4.93. The molecular weight excluding hydrogens is 432 g/mol. The summed E-state index contributed by atoms with van der Waals surface area (Å²) in [7, 11) is 1.66. The average molecular weight is 463 g/mol. The molecule has 1 aliphatic carbocycles. The number of rotatable bonds is 6. The van der Waals surface area contributed by atoms with Crippen LogP contribution in [0.5, 0.6) is 17.2 Å². The zero-order chi connectivity index (χ0) is 23.5. The van der Waals surface area contributed by atoms with E-state index in [1.165, 1.54) is 0 Å². The van der Waals surface area contributed by atoms with E-state index in [2.05, 4.69) is 10.3 Å². The van der Waals surface area contributed by atoms with E-state index < -0.39 is 5.60 Å².